The number of rotatable bonds is 1. The van der Waals surface area contributed by atoms with Gasteiger partial charge in [-0.15, -0.1) is 0 Å². The van der Waals surface area contributed by atoms with E-state index in [-0.39, 0.29) is 5.56 Å². The molecule has 0 fully saturated rings. The van der Waals surface area contributed by atoms with E-state index in [0.717, 1.165) is 17.1 Å². The van der Waals surface area contributed by atoms with Gasteiger partial charge in [0.25, 0.3) is 0 Å². The molecule has 2 aromatic heterocycles. The molecule has 0 bridgehead atoms. The average Bonchev–Trinajstić information content (AvgIpc) is 3.25. The number of fused-ring (bicyclic) bond motifs is 2. The Morgan fingerprint density at radius 3 is 3.00 bits per heavy atom. The van der Waals surface area contributed by atoms with Crippen LogP contribution in [0.2, 0.25) is 5.02 Å². The van der Waals surface area contributed by atoms with Crippen molar-refractivity contribution in [1.29, 1.82) is 0 Å². The van der Waals surface area contributed by atoms with Crippen molar-refractivity contribution in [1.82, 2.24) is 20.0 Å². The Bertz CT molecular complexity index is 1020. The van der Waals surface area contributed by atoms with Gasteiger partial charge in [0.2, 0.25) is 0 Å². The third-order valence-corrected chi connectivity index (χ3v) is 5.52. The van der Waals surface area contributed by atoms with Gasteiger partial charge in [-0.05, 0) is 28.1 Å². The molecule has 3 aromatic rings. The van der Waals surface area contributed by atoms with Gasteiger partial charge in [-0.3, -0.25) is 5.10 Å². The van der Waals surface area contributed by atoms with Gasteiger partial charge in [-0.1, -0.05) is 11.6 Å². The Kier molecular flexibility index (Phi) is 2.90. The van der Waals surface area contributed by atoms with E-state index < -0.39 is 5.82 Å². The summed E-state index contributed by atoms with van der Waals surface area (Å²) < 4.78 is 17.1. The number of hydrogen-bond acceptors (Lipinski definition) is 4. The van der Waals surface area contributed by atoms with E-state index in [2.05, 4.69) is 36.2 Å². The van der Waals surface area contributed by atoms with Crippen LogP contribution in [0.15, 0.2) is 34.0 Å². The SMILES string of the molecule is Fc1ccc(Br)c(Cl)c1C1=Nc2cn[nH]c2-c2cnn3c2N1CC3. The van der Waals surface area contributed by atoms with E-state index >= 15 is 0 Å². The van der Waals surface area contributed by atoms with Crippen LogP contribution in [0.1, 0.15) is 5.56 Å². The highest BCUT2D eigenvalue weighted by atomic mass is 79.9. The fourth-order valence-electron chi connectivity index (χ4n) is 3.17. The maximum absolute atomic E-state index is 14.6. The summed E-state index contributed by atoms with van der Waals surface area (Å²) in [7, 11) is 0. The minimum Gasteiger partial charge on any atom is -0.308 e. The molecule has 9 heteroatoms. The summed E-state index contributed by atoms with van der Waals surface area (Å²) in [6.07, 6.45) is 3.39. The number of aromatic amines is 1. The highest BCUT2D eigenvalue weighted by Crippen LogP contribution is 2.42. The van der Waals surface area contributed by atoms with Gasteiger partial charge < -0.3 is 4.90 Å². The summed E-state index contributed by atoms with van der Waals surface area (Å²) in [6.45, 7) is 1.35. The summed E-state index contributed by atoms with van der Waals surface area (Å²) in [5, 5.41) is 11.7. The van der Waals surface area contributed by atoms with Gasteiger partial charge in [-0.25, -0.2) is 14.1 Å². The quantitative estimate of drug-likeness (QED) is 0.625. The third-order valence-electron chi connectivity index (χ3n) is 4.24. The molecule has 0 aliphatic carbocycles. The molecule has 0 spiro atoms. The zero-order valence-corrected chi connectivity index (χ0v) is 14.4. The Morgan fingerprint density at radius 1 is 1.25 bits per heavy atom. The first kappa shape index (κ1) is 14.2. The van der Waals surface area contributed by atoms with Crippen molar-refractivity contribution in [3.8, 4) is 11.3 Å². The predicted molar refractivity (Wildman–Crippen MR) is 92.5 cm³/mol. The van der Waals surface area contributed by atoms with Gasteiger partial charge in [0, 0.05) is 11.0 Å². The maximum Gasteiger partial charge on any atom is 0.146 e. The molecule has 0 atom stereocenters. The normalized spacial score (nSPS) is 15.1. The smallest absolute Gasteiger partial charge is 0.146 e. The van der Waals surface area contributed by atoms with Crippen LogP contribution in [0.5, 0.6) is 0 Å². The molecule has 0 unspecified atom stereocenters. The molecule has 0 amide bonds. The molecule has 1 aromatic carbocycles. The summed E-state index contributed by atoms with van der Waals surface area (Å²) in [6, 6.07) is 2.96. The topological polar surface area (TPSA) is 62.1 Å². The number of anilines is 1. The van der Waals surface area contributed by atoms with E-state index in [0.29, 0.717) is 34.1 Å². The summed E-state index contributed by atoms with van der Waals surface area (Å²) in [5.41, 5.74) is 2.56. The highest BCUT2D eigenvalue weighted by Gasteiger charge is 2.35. The van der Waals surface area contributed by atoms with Gasteiger partial charge in [-0.2, -0.15) is 10.2 Å². The van der Waals surface area contributed by atoms with Crippen LogP contribution < -0.4 is 4.90 Å². The Balaban J connectivity index is 1.84. The fourth-order valence-corrected chi connectivity index (χ4v) is 3.74. The molecule has 2 aliphatic rings. The second-order valence-corrected chi connectivity index (χ2v) is 6.77. The van der Waals surface area contributed by atoms with E-state index in [9.17, 15) is 4.39 Å². The minimum absolute atomic E-state index is 0.265. The molecule has 0 radical (unpaired) electrons. The van der Waals surface area contributed by atoms with Crippen molar-refractivity contribution in [2.75, 3.05) is 11.4 Å². The van der Waals surface area contributed by atoms with Gasteiger partial charge in [0.05, 0.1) is 40.8 Å². The number of amidine groups is 1. The van der Waals surface area contributed by atoms with Crippen molar-refractivity contribution in [2.24, 2.45) is 4.99 Å². The van der Waals surface area contributed by atoms with Gasteiger partial charge >= 0.3 is 0 Å². The van der Waals surface area contributed by atoms with Crippen molar-refractivity contribution in [3.63, 3.8) is 0 Å². The van der Waals surface area contributed by atoms with Crippen LogP contribution in [-0.2, 0) is 6.54 Å². The first-order chi connectivity index (χ1) is 11.6. The number of halogens is 3. The van der Waals surface area contributed by atoms with Crippen LogP contribution in [0, 0.1) is 5.82 Å². The molecule has 0 saturated carbocycles. The van der Waals surface area contributed by atoms with Gasteiger partial charge in [0.1, 0.15) is 23.2 Å². The van der Waals surface area contributed by atoms with Crippen LogP contribution >= 0.6 is 27.5 Å². The van der Waals surface area contributed by atoms with Crippen molar-refractivity contribution in [3.05, 3.63) is 45.4 Å². The lowest BCUT2D eigenvalue weighted by molar-refractivity contribution is 0.624. The van der Waals surface area contributed by atoms with E-state index in [1.54, 1.807) is 18.5 Å². The lowest BCUT2D eigenvalue weighted by Crippen LogP contribution is -2.30. The van der Waals surface area contributed by atoms with Crippen LogP contribution in [0.25, 0.3) is 11.3 Å². The molecule has 6 nitrogen and oxygen atoms in total. The summed E-state index contributed by atoms with van der Waals surface area (Å²) in [4.78, 5) is 6.62. The molecule has 1 N–H and O–H groups in total. The Hall–Kier alpha value is -2.19. The van der Waals surface area contributed by atoms with E-state index in [4.69, 9.17) is 11.6 Å². The molecule has 120 valence electrons. The lowest BCUT2D eigenvalue weighted by Gasteiger charge is -2.21. The molecular weight excluding hydrogens is 399 g/mol. The molecule has 2 aliphatic heterocycles. The van der Waals surface area contributed by atoms with Crippen molar-refractivity contribution in [2.45, 2.75) is 6.54 Å². The number of nitrogens with one attached hydrogen (secondary N) is 1. The number of aromatic nitrogens is 4. The number of hydrogen-bond donors (Lipinski definition) is 1. The highest BCUT2D eigenvalue weighted by molar-refractivity contribution is 9.10. The van der Waals surface area contributed by atoms with E-state index in [1.807, 2.05) is 9.58 Å². The first-order valence-electron chi connectivity index (χ1n) is 7.25. The largest absolute Gasteiger partial charge is 0.308 e. The molecular formula is C15H9BrClFN6. The Labute approximate surface area is 149 Å². The Morgan fingerprint density at radius 2 is 2.12 bits per heavy atom. The molecule has 5 rings (SSSR count). The second-order valence-electron chi connectivity index (χ2n) is 5.54. The molecule has 24 heavy (non-hydrogen) atoms. The minimum atomic E-state index is -0.423. The molecule has 4 heterocycles. The first-order valence-corrected chi connectivity index (χ1v) is 8.42. The summed E-state index contributed by atoms with van der Waals surface area (Å²) >= 11 is 9.75. The molecule has 0 saturated heterocycles. The monoisotopic (exact) mass is 406 g/mol. The number of benzene rings is 1. The van der Waals surface area contributed by atoms with Gasteiger partial charge in [0.15, 0.2) is 0 Å². The van der Waals surface area contributed by atoms with Crippen LogP contribution in [-0.4, -0.2) is 32.4 Å². The zero-order chi connectivity index (χ0) is 16.4. The van der Waals surface area contributed by atoms with Crippen LogP contribution in [0.4, 0.5) is 15.9 Å². The third kappa shape index (κ3) is 1.78. The number of nitrogens with zero attached hydrogens (tertiary/aromatic N) is 5. The standard InChI is InChI=1S/C15H9BrClFN6/c16-8-1-2-9(18)11(12(8)17)14-21-10-6-19-22-13(10)7-5-20-24-4-3-23(14)15(7)24/h1-2,5-6H,3-4H2,(H,19,22). The lowest BCUT2D eigenvalue weighted by atomic mass is 10.1. The number of H-pyrrole nitrogens is 1. The van der Waals surface area contributed by atoms with Crippen LogP contribution in [0.3, 0.4) is 0 Å². The zero-order valence-electron chi connectivity index (χ0n) is 12.1. The van der Waals surface area contributed by atoms with Crippen molar-refractivity contribution < 1.29 is 4.39 Å². The average molecular weight is 408 g/mol. The second kappa shape index (κ2) is 4.90. The maximum atomic E-state index is 14.6. The summed E-state index contributed by atoms with van der Waals surface area (Å²) in [5.74, 6) is 0.903. The van der Waals surface area contributed by atoms with Crippen molar-refractivity contribution >= 4 is 44.9 Å². The number of aliphatic imine (C=N–C) groups is 1. The fraction of sp³-hybridized carbons (Fsp3) is 0.133. The predicted octanol–water partition coefficient (Wildman–Crippen LogP) is 3.74. The van der Waals surface area contributed by atoms with E-state index in [1.165, 1.54) is 6.07 Å².